The highest BCUT2D eigenvalue weighted by Gasteiger charge is 2.17. The first kappa shape index (κ1) is 22.3. The van der Waals surface area contributed by atoms with E-state index in [9.17, 15) is 9.59 Å². The smallest absolute Gasteiger partial charge is 0.279 e. The van der Waals surface area contributed by atoms with E-state index in [1.54, 1.807) is 25.1 Å². The Morgan fingerprint density at radius 3 is 2.48 bits per heavy atom. The first-order valence-electron chi connectivity index (χ1n) is 9.98. The molecule has 2 aromatic carbocycles. The van der Waals surface area contributed by atoms with Crippen LogP contribution in [0.4, 0.5) is 0 Å². The number of para-hydroxylation sites is 1. The number of aryl methyl sites for hydroxylation is 2. The maximum atomic E-state index is 12.5. The number of hydrazine groups is 1. The zero-order valence-corrected chi connectivity index (χ0v) is 17.6. The van der Waals surface area contributed by atoms with Crippen LogP contribution in [0.5, 0.6) is 11.5 Å². The fourth-order valence-electron chi connectivity index (χ4n) is 2.65. The number of nitrogens with one attached hydrogen (secondary N) is 2. The molecule has 0 saturated carbocycles. The molecule has 1 unspecified atom stereocenters. The van der Waals surface area contributed by atoms with Gasteiger partial charge in [-0.1, -0.05) is 38.0 Å². The fraction of sp³-hybridized carbons (Fsp3) is 0.391. The molecule has 0 saturated heterocycles. The summed E-state index contributed by atoms with van der Waals surface area (Å²) < 4.78 is 11.4. The standard InChI is InChI=1S/C23H30N2O4/c1-5-6-9-14-28-21-11-8-7-10-20(21)23(27)25-24-22(26)18(4)29-19-13-12-16(2)17(3)15-19/h7-8,10-13,15,18H,5-6,9,14H2,1-4H3,(H,24,26)(H,25,27). The van der Waals surface area contributed by atoms with Crippen LogP contribution in [-0.4, -0.2) is 24.5 Å². The maximum Gasteiger partial charge on any atom is 0.279 e. The summed E-state index contributed by atoms with van der Waals surface area (Å²) in [6.07, 6.45) is 2.33. The van der Waals surface area contributed by atoms with Crippen LogP contribution in [0.3, 0.4) is 0 Å². The quantitative estimate of drug-likeness (QED) is 0.492. The summed E-state index contributed by atoms with van der Waals surface area (Å²) in [6, 6.07) is 12.6. The van der Waals surface area contributed by atoms with E-state index >= 15 is 0 Å². The van der Waals surface area contributed by atoms with Crippen molar-refractivity contribution < 1.29 is 19.1 Å². The molecule has 2 aromatic rings. The highest BCUT2D eigenvalue weighted by Crippen LogP contribution is 2.19. The molecule has 6 heteroatoms. The van der Waals surface area contributed by atoms with Crippen LogP contribution >= 0.6 is 0 Å². The Hall–Kier alpha value is -3.02. The average Bonchev–Trinajstić information content (AvgIpc) is 2.72. The second kappa shape index (κ2) is 11.1. The van der Waals surface area contributed by atoms with Crippen LogP contribution in [0, 0.1) is 13.8 Å². The van der Waals surface area contributed by atoms with Crippen LogP contribution < -0.4 is 20.3 Å². The third-order valence-electron chi connectivity index (χ3n) is 4.60. The van der Waals surface area contributed by atoms with Gasteiger partial charge in [0.15, 0.2) is 6.10 Å². The van der Waals surface area contributed by atoms with E-state index in [-0.39, 0.29) is 0 Å². The SMILES string of the molecule is CCCCCOc1ccccc1C(=O)NNC(=O)C(C)Oc1ccc(C)c(C)c1. The normalized spacial score (nSPS) is 11.4. The van der Waals surface area contributed by atoms with Crippen molar-refractivity contribution in [2.45, 2.75) is 53.1 Å². The van der Waals surface area contributed by atoms with Gasteiger partial charge < -0.3 is 9.47 Å². The Morgan fingerprint density at radius 1 is 1.00 bits per heavy atom. The predicted octanol–water partition coefficient (Wildman–Crippen LogP) is 4.10. The lowest BCUT2D eigenvalue weighted by Crippen LogP contribution is -2.47. The topological polar surface area (TPSA) is 76.7 Å². The molecule has 0 aliphatic heterocycles. The lowest BCUT2D eigenvalue weighted by molar-refractivity contribution is -0.128. The molecule has 2 amide bonds. The van der Waals surface area contributed by atoms with Crippen molar-refractivity contribution in [1.82, 2.24) is 10.9 Å². The van der Waals surface area contributed by atoms with Gasteiger partial charge in [0, 0.05) is 0 Å². The van der Waals surface area contributed by atoms with Gasteiger partial charge in [-0.15, -0.1) is 0 Å². The van der Waals surface area contributed by atoms with Crippen molar-refractivity contribution in [2.24, 2.45) is 0 Å². The van der Waals surface area contributed by atoms with Gasteiger partial charge in [-0.25, -0.2) is 0 Å². The number of hydrogen-bond donors (Lipinski definition) is 2. The molecule has 0 aliphatic rings. The van der Waals surface area contributed by atoms with Crippen molar-refractivity contribution in [3.63, 3.8) is 0 Å². The second-order valence-corrected chi connectivity index (χ2v) is 7.00. The minimum atomic E-state index is -0.766. The molecule has 2 rings (SSSR count). The Bertz CT molecular complexity index is 835. The van der Waals surface area contributed by atoms with E-state index in [4.69, 9.17) is 9.47 Å². The van der Waals surface area contributed by atoms with Crippen LogP contribution in [-0.2, 0) is 4.79 Å². The second-order valence-electron chi connectivity index (χ2n) is 7.00. The number of ether oxygens (including phenoxy) is 2. The van der Waals surface area contributed by atoms with Crippen LogP contribution in [0.2, 0.25) is 0 Å². The van der Waals surface area contributed by atoms with E-state index in [0.717, 1.165) is 30.4 Å². The minimum Gasteiger partial charge on any atom is -0.493 e. The minimum absolute atomic E-state index is 0.368. The van der Waals surface area contributed by atoms with E-state index in [2.05, 4.69) is 17.8 Å². The third-order valence-corrected chi connectivity index (χ3v) is 4.60. The molecular formula is C23H30N2O4. The first-order chi connectivity index (χ1) is 13.9. The number of rotatable bonds is 9. The van der Waals surface area contributed by atoms with E-state index in [1.807, 2.05) is 38.1 Å². The third kappa shape index (κ3) is 6.82. The summed E-state index contributed by atoms with van der Waals surface area (Å²) in [6.45, 7) is 8.28. The molecule has 0 radical (unpaired) electrons. The van der Waals surface area contributed by atoms with Gasteiger partial charge in [0.1, 0.15) is 11.5 Å². The van der Waals surface area contributed by atoms with Crippen molar-refractivity contribution in [3.8, 4) is 11.5 Å². The number of carbonyl (C=O) groups excluding carboxylic acids is 2. The lowest BCUT2D eigenvalue weighted by Gasteiger charge is -2.16. The molecule has 29 heavy (non-hydrogen) atoms. The van der Waals surface area contributed by atoms with Gasteiger partial charge in [-0.2, -0.15) is 0 Å². The van der Waals surface area contributed by atoms with Gasteiger partial charge in [0.25, 0.3) is 11.8 Å². The molecule has 0 bridgehead atoms. The van der Waals surface area contributed by atoms with Gasteiger partial charge in [0.2, 0.25) is 0 Å². The summed E-state index contributed by atoms with van der Waals surface area (Å²) in [5.74, 6) is 0.212. The summed E-state index contributed by atoms with van der Waals surface area (Å²) in [5.41, 5.74) is 7.44. The van der Waals surface area contributed by atoms with E-state index < -0.39 is 17.9 Å². The van der Waals surface area contributed by atoms with Gasteiger partial charge in [0.05, 0.1) is 12.2 Å². The van der Waals surface area contributed by atoms with Crippen LogP contribution in [0.15, 0.2) is 42.5 Å². The van der Waals surface area contributed by atoms with Crippen molar-refractivity contribution in [3.05, 3.63) is 59.2 Å². The summed E-state index contributed by atoms with van der Waals surface area (Å²) in [5, 5.41) is 0. The summed E-state index contributed by atoms with van der Waals surface area (Å²) in [4.78, 5) is 24.8. The molecule has 2 N–H and O–H groups in total. The number of benzene rings is 2. The number of unbranched alkanes of at least 4 members (excludes halogenated alkanes) is 2. The molecular weight excluding hydrogens is 368 g/mol. The first-order valence-corrected chi connectivity index (χ1v) is 9.98. The molecule has 0 heterocycles. The Balaban J connectivity index is 1.89. The number of hydrogen-bond acceptors (Lipinski definition) is 4. The van der Waals surface area contributed by atoms with E-state index in [0.29, 0.717) is 23.7 Å². The molecule has 156 valence electrons. The lowest BCUT2D eigenvalue weighted by atomic mass is 10.1. The molecule has 0 aliphatic carbocycles. The van der Waals surface area contributed by atoms with Crippen molar-refractivity contribution >= 4 is 11.8 Å². The van der Waals surface area contributed by atoms with Crippen LogP contribution in [0.1, 0.15) is 54.6 Å². The Labute approximate surface area is 172 Å². The molecule has 1 atom stereocenters. The number of carbonyl (C=O) groups is 2. The van der Waals surface area contributed by atoms with Crippen molar-refractivity contribution in [2.75, 3.05) is 6.61 Å². The zero-order valence-electron chi connectivity index (χ0n) is 17.6. The zero-order chi connectivity index (χ0) is 21.2. The molecule has 6 nitrogen and oxygen atoms in total. The summed E-state index contributed by atoms with van der Waals surface area (Å²) >= 11 is 0. The van der Waals surface area contributed by atoms with Gasteiger partial charge in [-0.3, -0.25) is 20.4 Å². The highest BCUT2D eigenvalue weighted by molar-refractivity contribution is 5.98. The molecule has 0 fully saturated rings. The molecule has 0 aromatic heterocycles. The largest absolute Gasteiger partial charge is 0.493 e. The highest BCUT2D eigenvalue weighted by atomic mass is 16.5. The fourth-order valence-corrected chi connectivity index (χ4v) is 2.65. The maximum absolute atomic E-state index is 12.5. The molecule has 0 spiro atoms. The number of amides is 2. The Kier molecular flexibility index (Phi) is 8.52. The van der Waals surface area contributed by atoms with E-state index in [1.165, 1.54) is 0 Å². The van der Waals surface area contributed by atoms with Gasteiger partial charge in [-0.05, 0) is 62.6 Å². The van der Waals surface area contributed by atoms with Gasteiger partial charge >= 0.3 is 0 Å². The Morgan fingerprint density at radius 2 is 1.76 bits per heavy atom. The summed E-state index contributed by atoms with van der Waals surface area (Å²) in [7, 11) is 0. The van der Waals surface area contributed by atoms with Crippen molar-refractivity contribution in [1.29, 1.82) is 0 Å². The average molecular weight is 399 g/mol. The predicted molar refractivity (Wildman–Crippen MR) is 113 cm³/mol. The van der Waals surface area contributed by atoms with Crippen LogP contribution in [0.25, 0.3) is 0 Å². The monoisotopic (exact) mass is 398 g/mol.